The van der Waals surface area contributed by atoms with Crippen molar-refractivity contribution in [1.29, 1.82) is 5.26 Å². The standard InChI is InChI=1S/C34H30N4OS/c1-22-15-23(2)17-27(16-22)37-33(39)32-29-12-6-8-14-31(29)40-34(32)36-19-26-21-38(30-13-7-5-11-28(26)30)20-25-10-4-3-9-24(25)18-35/h3-5,7,9-11,13,15-17,19,21H,6,8,12,14,20H2,1-2H3,(H,37,39). The van der Waals surface area contributed by atoms with Gasteiger partial charge in [0.15, 0.2) is 0 Å². The third-order valence-electron chi connectivity index (χ3n) is 7.48. The second kappa shape index (κ2) is 11.0. The summed E-state index contributed by atoms with van der Waals surface area (Å²) in [5, 5.41) is 14.6. The van der Waals surface area contributed by atoms with Crippen LogP contribution >= 0.6 is 11.3 Å². The zero-order chi connectivity index (χ0) is 27.6. The van der Waals surface area contributed by atoms with Crippen molar-refractivity contribution in [3.63, 3.8) is 0 Å². The number of nitriles is 1. The highest BCUT2D eigenvalue weighted by atomic mass is 32.1. The molecule has 3 aromatic carbocycles. The SMILES string of the molecule is Cc1cc(C)cc(NC(=O)c2c(N=Cc3cn(Cc4ccccc4C#N)c4ccccc34)sc3c2CCCC3)c1. The molecule has 198 valence electrons. The summed E-state index contributed by atoms with van der Waals surface area (Å²) in [7, 11) is 0. The van der Waals surface area contributed by atoms with Crippen molar-refractivity contribution in [1.82, 2.24) is 4.57 Å². The monoisotopic (exact) mass is 542 g/mol. The summed E-state index contributed by atoms with van der Waals surface area (Å²) in [6.07, 6.45) is 8.12. The number of hydrogen-bond acceptors (Lipinski definition) is 4. The number of amides is 1. The molecule has 0 unspecified atom stereocenters. The highest BCUT2D eigenvalue weighted by molar-refractivity contribution is 7.16. The van der Waals surface area contributed by atoms with Crippen LogP contribution in [0.4, 0.5) is 10.7 Å². The molecule has 5 nitrogen and oxygen atoms in total. The number of aromatic nitrogens is 1. The summed E-state index contributed by atoms with van der Waals surface area (Å²) < 4.78 is 2.17. The zero-order valence-electron chi connectivity index (χ0n) is 22.7. The van der Waals surface area contributed by atoms with Crippen molar-refractivity contribution in [2.24, 2.45) is 4.99 Å². The van der Waals surface area contributed by atoms with Crippen LogP contribution in [0.2, 0.25) is 0 Å². The van der Waals surface area contributed by atoms with Crippen LogP contribution in [-0.4, -0.2) is 16.7 Å². The molecule has 5 aromatic rings. The first-order chi connectivity index (χ1) is 19.5. The quantitative estimate of drug-likeness (QED) is 0.220. The van der Waals surface area contributed by atoms with Gasteiger partial charge in [0.25, 0.3) is 5.91 Å². The Labute approximate surface area is 238 Å². The summed E-state index contributed by atoms with van der Waals surface area (Å²) in [5.41, 5.74) is 8.64. The molecule has 0 atom stereocenters. The first-order valence-electron chi connectivity index (χ1n) is 13.6. The van der Waals surface area contributed by atoms with Gasteiger partial charge in [0.1, 0.15) is 5.00 Å². The minimum atomic E-state index is -0.0907. The van der Waals surface area contributed by atoms with E-state index in [1.165, 1.54) is 4.88 Å². The second-order valence-electron chi connectivity index (χ2n) is 10.5. The predicted molar refractivity (Wildman–Crippen MR) is 164 cm³/mol. The molecule has 0 aliphatic heterocycles. The third-order valence-corrected chi connectivity index (χ3v) is 8.68. The van der Waals surface area contributed by atoms with Crippen LogP contribution in [0.25, 0.3) is 10.9 Å². The Hall–Kier alpha value is -4.47. The lowest BCUT2D eigenvalue weighted by atomic mass is 9.95. The molecule has 2 aromatic heterocycles. The molecule has 0 bridgehead atoms. The van der Waals surface area contributed by atoms with E-state index in [0.717, 1.165) is 75.1 Å². The largest absolute Gasteiger partial charge is 0.342 e. The maximum absolute atomic E-state index is 13.7. The topological polar surface area (TPSA) is 70.2 Å². The third kappa shape index (κ3) is 5.09. The number of nitrogens with zero attached hydrogens (tertiary/aromatic N) is 3. The molecule has 0 fully saturated rings. The van der Waals surface area contributed by atoms with Crippen molar-refractivity contribution in [2.45, 2.75) is 46.1 Å². The Morgan fingerprint density at radius 2 is 1.80 bits per heavy atom. The minimum absolute atomic E-state index is 0.0907. The lowest BCUT2D eigenvalue weighted by molar-refractivity contribution is 0.102. The van der Waals surface area contributed by atoms with Gasteiger partial charge in [-0.05, 0) is 86.1 Å². The van der Waals surface area contributed by atoms with Gasteiger partial charge in [0.05, 0.1) is 17.2 Å². The van der Waals surface area contributed by atoms with Gasteiger partial charge in [-0.3, -0.25) is 4.79 Å². The van der Waals surface area contributed by atoms with Gasteiger partial charge in [0.2, 0.25) is 0 Å². The molecule has 0 radical (unpaired) electrons. The highest BCUT2D eigenvalue weighted by Gasteiger charge is 2.25. The molecule has 1 aliphatic carbocycles. The van der Waals surface area contributed by atoms with Crippen LogP contribution in [0, 0.1) is 25.2 Å². The Balaban J connectivity index is 1.37. The van der Waals surface area contributed by atoms with Crippen LogP contribution in [0.1, 0.15) is 61.5 Å². The maximum atomic E-state index is 13.7. The van der Waals surface area contributed by atoms with Crippen LogP contribution in [0.5, 0.6) is 0 Å². The van der Waals surface area contributed by atoms with Crippen LogP contribution < -0.4 is 5.32 Å². The average molecular weight is 543 g/mol. The van der Waals surface area contributed by atoms with E-state index < -0.39 is 0 Å². The van der Waals surface area contributed by atoms with Gasteiger partial charge in [0, 0.05) is 46.0 Å². The fourth-order valence-electron chi connectivity index (χ4n) is 5.70. The van der Waals surface area contributed by atoms with Gasteiger partial charge in [-0.1, -0.05) is 42.5 Å². The van der Waals surface area contributed by atoms with Gasteiger partial charge in [-0.15, -0.1) is 11.3 Å². The van der Waals surface area contributed by atoms with Crippen LogP contribution in [0.3, 0.4) is 0 Å². The molecule has 0 saturated carbocycles. The van der Waals surface area contributed by atoms with E-state index in [1.54, 1.807) is 11.3 Å². The van der Waals surface area contributed by atoms with E-state index in [4.69, 9.17) is 4.99 Å². The Kier molecular flexibility index (Phi) is 7.06. The van der Waals surface area contributed by atoms with Crippen molar-refractivity contribution in [2.75, 3.05) is 5.32 Å². The van der Waals surface area contributed by atoms with Crippen LogP contribution in [0.15, 0.2) is 77.9 Å². The van der Waals surface area contributed by atoms with E-state index >= 15 is 0 Å². The Morgan fingerprint density at radius 1 is 1.05 bits per heavy atom. The summed E-state index contributed by atoms with van der Waals surface area (Å²) in [6, 6.07) is 24.4. The summed E-state index contributed by atoms with van der Waals surface area (Å²) in [4.78, 5) is 19.9. The van der Waals surface area contributed by atoms with Crippen molar-refractivity contribution in [3.8, 4) is 6.07 Å². The fourth-order valence-corrected chi connectivity index (χ4v) is 6.94. The van der Waals surface area contributed by atoms with Gasteiger partial charge >= 0.3 is 0 Å². The molecule has 1 N–H and O–H groups in total. The number of nitrogens with one attached hydrogen (secondary N) is 1. The van der Waals surface area contributed by atoms with E-state index in [0.29, 0.717) is 17.7 Å². The zero-order valence-corrected chi connectivity index (χ0v) is 23.5. The molecule has 1 aliphatic rings. The number of anilines is 1. The lowest BCUT2D eigenvalue weighted by Gasteiger charge is -2.13. The van der Waals surface area contributed by atoms with Gasteiger partial charge in [-0.25, -0.2) is 4.99 Å². The molecule has 40 heavy (non-hydrogen) atoms. The van der Waals surface area contributed by atoms with E-state index in [2.05, 4.69) is 40.3 Å². The van der Waals surface area contributed by atoms with Gasteiger partial charge < -0.3 is 9.88 Å². The minimum Gasteiger partial charge on any atom is -0.342 e. The highest BCUT2D eigenvalue weighted by Crippen LogP contribution is 2.40. The second-order valence-corrected chi connectivity index (χ2v) is 11.6. The van der Waals surface area contributed by atoms with E-state index in [1.807, 2.05) is 68.6 Å². The average Bonchev–Trinajstić information content (AvgIpc) is 3.49. The molecule has 2 heterocycles. The molecule has 6 rings (SSSR count). The molecule has 0 spiro atoms. The number of thiophene rings is 1. The molecular formula is C34H30N4OS. The molecule has 6 heteroatoms. The number of benzene rings is 3. The smallest absolute Gasteiger partial charge is 0.259 e. The number of carbonyl (C=O) groups excluding carboxylic acids is 1. The first-order valence-corrected chi connectivity index (χ1v) is 14.5. The Morgan fingerprint density at radius 3 is 2.62 bits per heavy atom. The summed E-state index contributed by atoms with van der Waals surface area (Å²) >= 11 is 1.64. The van der Waals surface area contributed by atoms with E-state index in [9.17, 15) is 10.1 Å². The predicted octanol–water partition coefficient (Wildman–Crippen LogP) is 8.12. The number of hydrogen-bond donors (Lipinski definition) is 1. The summed E-state index contributed by atoms with van der Waals surface area (Å²) in [6.45, 7) is 4.68. The van der Waals surface area contributed by atoms with E-state index in [-0.39, 0.29) is 5.91 Å². The molecular weight excluding hydrogens is 512 g/mol. The fraction of sp³-hybridized carbons (Fsp3) is 0.206. The number of fused-ring (bicyclic) bond motifs is 2. The number of carbonyl (C=O) groups is 1. The summed E-state index contributed by atoms with van der Waals surface area (Å²) in [5.74, 6) is -0.0907. The van der Waals surface area contributed by atoms with Crippen molar-refractivity contribution >= 4 is 45.0 Å². The number of rotatable bonds is 6. The Bertz CT molecular complexity index is 1800. The first kappa shape index (κ1) is 25.8. The molecule has 1 amide bonds. The van der Waals surface area contributed by atoms with Crippen LogP contribution in [-0.2, 0) is 19.4 Å². The molecule has 0 saturated heterocycles. The number of aryl methyl sites for hydroxylation is 3. The van der Waals surface area contributed by atoms with Gasteiger partial charge in [-0.2, -0.15) is 5.26 Å². The van der Waals surface area contributed by atoms with Crippen molar-refractivity contribution in [3.05, 3.63) is 117 Å². The van der Waals surface area contributed by atoms with Crippen molar-refractivity contribution < 1.29 is 4.79 Å². The number of aliphatic imine (C=N–C) groups is 1. The lowest BCUT2D eigenvalue weighted by Crippen LogP contribution is -2.15. The number of para-hydroxylation sites is 1. The normalized spacial score (nSPS) is 12.9. The maximum Gasteiger partial charge on any atom is 0.259 e.